The third-order valence-corrected chi connectivity index (χ3v) is 4.49. The molecule has 0 unspecified atom stereocenters. The molecule has 8 heteroatoms. The number of hydrogen-bond donors (Lipinski definition) is 4. The number of carboxylic acid groups (broad SMARTS) is 1. The highest BCUT2D eigenvalue weighted by atomic mass is 16.4. The number of rotatable bonds is 9. The lowest BCUT2D eigenvalue weighted by Gasteiger charge is -2.25. The molecule has 0 bridgehead atoms. The van der Waals surface area contributed by atoms with E-state index in [1.165, 1.54) is 6.92 Å². The van der Waals surface area contributed by atoms with Crippen molar-refractivity contribution in [2.24, 2.45) is 5.92 Å². The van der Waals surface area contributed by atoms with Crippen LogP contribution in [0.25, 0.3) is 0 Å². The van der Waals surface area contributed by atoms with Crippen LogP contribution in [0.4, 0.5) is 0 Å². The summed E-state index contributed by atoms with van der Waals surface area (Å²) in [6, 6.07) is 16.2. The zero-order chi connectivity index (χ0) is 22.1. The first-order valence-electron chi connectivity index (χ1n) is 9.35. The van der Waals surface area contributed by atoms with Crippen LogP contribution in [-0.2, 0) is 9.59 Å². The molecule has 30 heavy (non-hydrogen) atoms. The summed E-state index contributed by atoms with van der Waals surface area (Å²) >= 11 is 0. The van der Waals surface area contributed by atoms with Crippen LogP contribution in [0.5, 0.6) is 0 Å². The number of nitrogens with zero attached hydrogens (tertiary/aromatic N) is 1. The first-order chi connectivity index (χ1) is 14.3. The summed E-state index contributed by atoms with van der Waals surface area (Å²) < 4.78 is 0. The molecule has 0 fully saturated rings. The van der Waals surface area contributed by atoms with Gasteiger partial charge in [-0.15, -0.1) is 0 Å². The van der Waals surface area contributed by atoms with E-state index < -0.39 is 41.9 Å². The number of nitrogens with one attached hydrogen (secondary N) is 2. The van der Waals surface area contributed by atoms with Crippen molar-refractivity contribution in [3.8, 4) is 6.07 Å². The van der Waals surface area contributed by atoms with Crippen molar-refractivity contribution in [3.63, 3.8) is 0 Å². The highest BCUT2D eigenvalue weighted by Crippen LogP contribution is 2.19. The number of hydrogen-bond acceptors (Lipinski definition) is 5. The number of aliphatic carboxylic acids is 1. The monoisotopic (exact) mass is 409 g/mol. The minimum Gasteiger partial charge on any atom is -0.480 e. The van der Waals surface area contributed by atoms with Crippen molar-refractivity contribution in [1.29, 1.82) is 5.26 Å². The second-order valence-electron chi connectivity index (χ2n) is 6.84. The third kappa shape index (κ3) is 6.15. The van der Waals surface area contributed by atoms with Gasteiger partial charge in [-0.3, -0.25) is 9.59 Å². The lowest BCUT2D eigenvalue weighted by molar-refractivity contribution is -0.144. The molecule has 2 amide bonds. The Morgan fingerprint density at radius 3 is 2.10 bits per heavy atom. The van der Waals surface area contributed by atoms with E-state index in [2.05, 4.69) is 10.6 Å². The average molecular weight is 409 g/mol. The number of carboxylic acids is 1. The molecule has 4 N–H and O–H groups in total. The van der Waals surface area contributed by atoms with Crippen molar-refractivity contribution in [2.45, 2.75) is 31.5 Å². The Morgan fingerprint density at radius 1 is 1.00 bits per heavy atom. The molecule has 0 aromatic heterocycles. The van der Waals surface area contributed by atoms with Crippen LogP contribution < -0.4 is 10.6 Å². The van der Waals surface area contributed by atoms with E-state index in [4.69, 9.17) is 5.26 Å². The van der Waals surface area contributed by atoms with Crippen molar-refractivity contribution in [2.75, 3.05) is 0 Å². The Kier molecular flexibility index (Phi) is 8.08. The Morgan fingerprint density at radius 2 is 1.57 bits per heavy atom. The number of nitriles is 1. The summed E-state index contributed by atoms with van der Waals surface area (Å²) in [6.07, 6.45) is -1.87. The van der Waals surface area contributed by atoms with Crippen LogP contribution in [0, 0.1) is 17.2 Å². The molecule has 156 valence electrons. The van der Waals surface area contributed by atoms with Gasteiger partial charge >= 0.3 is 5.97 Å². The van der Waals surface area contributed by atoms with Gasteiger partial charge in [0.05, 0.1) is 12.1 Å². The molecule has 2 aromatic carbocycles. The first kappa shape index (κ1) is 22.6. The first-order valence-corrected chi connectivity index (χ1v) is 9.35. The van der Waals surface area contributed by atoms with Crippen molar-refractivity contribution in [3.05, 3.63) is 71.8 Å². The molecule has 2 rings (SSSR count). The quantitative estimate of drug-likeness (QED) is 0.496. The number of benzene rings is 2. The second-order valence-corrected chi connectivity index (χ2v) is 6.84. The van der Waals surface area contributed by atoms with E-state index >= 15 is 0 Å². The van der Waals surface area contributed by atoms with Gasteiger partial charge in [0.15, 0.2) is 6.10 Å². The molecule has 0 heterocycles. The summed E-state index contributed by atoms with van der Waals surface area (Å²) in [5, 5.41) is 33.8. The summed E-state index contributed by atoms with van der Waals surface area (Å²) in [7, 11) is 0. The predicted molar refractivity (Wildman–Crippen MR) is 108 cm³/mol. The van der Waals surface area contributed by atoms with Crippen LogP contribution in [0.3, 0.4) is 0 Å². The van der Waals surface area contributed by atoms with E-state index in [-0.39, 0.29) is 6.42 Å². The minimum atomic E-state index is -1.75. The highest BCUT2D eigenvalue weighted by molar-refractivity contribution is 5.95. The fourth-order valence-electron chi connectivity index (χ4n) is 2.86. The Bertz CT molecular complexity index is 911. The topological polar surface area (TPSA) is 140 Å². The fourth-order valence-corrected chi connectivity index (χ4v) is 2.86. The van der Waals surface area contributed by atoms with Gasteiger partial charge in [-0.25, -0.2) is 4.79 Å². The molecule has 0 saturated carbocycles. The molecular formula is C22H23N3O5. The van der Waals surface area contributed by atoms with Gasteiger partial charge in [-0.1, -0.05) is 48.5 Å². The minimum absolute atomic E-state index is 0.114. The van der Waals surface area contributed by atoms with Crippen molar-refractivity contribution in [1.82, 2.24) is 10.6 Å². The molecule has 8 nitrogen and oxygen atoms in total. The molecule has 0 saturated heterocycles. The van der Waals surface area contributed by atoms with Gasteiger partial charge in [-0.2, -0.15) is 5.26 Å². The molecule has 0 aliphatic rings. The lowest BCUT2D eigenvalue weighted by atomic mass is 9.98. The van der Waals surface area contributed by atoms with Gasteiger partial charge in [0, 0.05) is 11.5 Å². The van der Waals surface area contributed by atoms with Gasteiger partial charge in [-0.05, 0) is 31.0 Å². The maximum Gasteiger partial charge on any atom is 0.326 e. The smallest absolute Gasteiger partial charge is 0.326 e. The third-order valence-electron chi connectivity index (χ3n) is 4.49. The van der Waals surface area contributed by atoms with Crippen LogP contribution in [-0.4, -0.2) is 40.1 Å². The zero-order valence-corrected chi connectivity index (χ0v) is 16.4. The summed E-state index contributed by atoms with van der Waals surface area (Å²) in [4.78, 5) is 36.6. The van der Waals surface area contributed by atoms with E-state index in [1.807, 2.05) is 6.07 Å². The molecule has 2 aromatic rings. The van der Waals surface area contributed by atoms with Crippen LogP contribution in [0.15, 0.2) is 60.7 Å². The number of aliphatic hydroxyl groups excluding tert-OH is 1. The zero-order valence-electron chi connectivity index (χ0n) is 16.4. The summed E-state index contributed by atoms with van der Waals surface area (Å²) in [5.41, 5.74) is 0.819. The molecular weight excluding hydrogens is 386 g/mol. The number of aliphatic hydroxyl groups is 1. The van der Waals surface area contributed by atoms with E-state index in [0.717, 1.165) is 0 Å². The lowest BCUT2D eigenvalue weighted by Crippen LogP contribution is -2.50. The SMILES string of the molecule is C[C@@H](C#N)C[C@H](NC(=O)[C@H](O)[C@@H](NC(=O)c1ccccc1)c1ccccc1)C(=O)O. The average Bonchev–Trinajstić information content (AvgIpc) is 2.77. The normalized spacial score (nSPS) is 14.4. The molecule has 4 atom stereocenters. The predicted octanol–water partition coefficient (Wildman–Crippen LogP) is 1.64. The van der Waals surface area contributed by atoms with Crippen LogP contribution >= 0.6 is 0 Å². The van der Waals surface area contributed by atoms with E-state index in [1.54, 1.807) is 60.7 Å². The van der Waals surface area contributed by atoms with Crippen LogP contribution in [0.2, 0.25) is 0 Å². The maximum absolute atomic E-state index is 12.6. The van der Waals surface area contributed by atoms with Crippen LogP contribution in [0.1, 0.15) is 35.3 Å². The van der Waals surface area contributed by atoms with Gasteiger partial charge in [0.25, 0.3) is 11.8 Å². The summed E-state index contributed by atoms with van der Waals surface area (Å²) in [5.74, 6) is -3.38. The van der Waals surface area contributed by atoms with Crippen molar-refractivity contribution < 1.29 is 24.6 Å². The molecule has 0 aliphatic heterocycles. The standard InChI is InChI=1S/C22H23N3O5/c1-14(13-23)12-17(22(29)30)24-21(28)19(26)18(15-8-4-2-5-9-15)25-20(27)16-10-6-3-7-11-16/h2-11,14,17-19,26H,12H2,1H3,(H,24,28)(H,25,27)(H,29,30)/t14-,17+,18+,19-/m1/s1. The van der Waals surface area contributed by atoms with Gasteiger partial charge in [0.2, 0.25) is 0 Å². The van der Waals surface area contributed by atoms with E-state index in [9.17, 15) is 24.6 Å². The number of carbonyl (C=O) groups excluding carboxylic acids is 2. The van der Waals surface area contributed by atoms with E-state index in [0.29, 0.717) is 11.1 Å². The maximum atomic E-state index is 12.6. The largest absolute Gasteiger partial charge is 0.480 e. The number of amides is 2. The molecule has 0 radical (unpaired) electrons. The number of carbonyl (C=O) groups is 3. The van der Waals surface area contributed by atoms with Crippen molar-refractivity contribution >= 4 is 17.8 Å². The Hall–Kier alpha value is -3.70. The molecule has 0 spiro atoms. The Labute approximate surface area is 174 Å². The highest BCUT2D eigenvalue weighted by Gasteiger charge is 2.32. The molecule has 0 aliphatic carbocycles. The Balaban J connectivity index is 2.22. The fraction of sp³-hybridized carbons (Fsp3) is 0.273. The van der Waals surface area contributed by atoms with Gasteiger partial charge < -0.3 is 20.8 Å². The second kappa shape index (κ2) is 10.7. The van der Waals surface area contributed by atoms with Gasteiger partial charge in [0.1, 0.15) is 6.04 Å². The summed E-state index contributed by atoms with van der Waals surface area (Å²) in [6.45, 7) is 1.53.